The van der Waals surface area contributed by atoms with Crippen molar-refractivity contribution in [1.29, 1.82) is 5.26 Å². The van der Waals surface area contributed by atoms with Crippen LogP contribution in [0.2, 0.25) is 51.9 Å². The quantitative estimate of drug-likeness (QED) is 0.0861. The van der Waals surface area contributed by atoms with Crippen LogP contribution in [0, 0.1) is 11.3 Å². The molecule has 0 saturated carbocycles. The molecule has 212 valence electrons. The summed E-state index contributed by atoms with van der Waals surface area (Å²) in [6.45, 7) is 15.7. The second kappa shape index (κ2) is 13.7. The van der Waals surface area contributed by atoms with Crippen molar-refractivity contribution >= 4 is 31.2 Å². The molecule has 5 nitrogen and oxygen atoms in total. The van der Waals surface area contributed by atoms with E-state index in [1.54, 1.807) is 12.1 Å². The molecule has 0 saturated heterocycles. The second-order valence-corrected chi connectivity index (χ2v) is 25.0. The van der Waals surface area contributed by atoms with Crippen LogP contribution in [-0.2, 0) is 14.7 Å². The number of carbonyl (C=O) groups is 1. The lowest BCUT2D eigenvalue weighted by Gasteiger charge is -2.37. The predicted molar refractivity (Wildman–Crippen MR) is 171 cm³/mol. The van der Waals surface area contributed by atoms with Gasteiger partial charge in [0.15, 0.2) is 16.6 Å². The van der Waals surface area contributed by atoms with Gasteiger partial charge in [0.2, 0.25) is 0 Å². The van der Waals surface area contributed by atoms with Gasteiger partial charge in [-0.1, -0.05) is 55.3 Å². The molecule has 0 amide bonds. The maximum absolute atomic E-state index is 13.0. The Morgan fingerprint density at radius 1 is 0.800 bits per heavy atom. The molecule has 0 unspecified atom stereocenters. The molecule has 8 heteroatoms. The highest BCUT2D eigenvalue weighted by molar-refractivity contribution is 6.87. The Labute approximate surface area is 243 Å². The monoisotopic (exact) mass is 589 g/mol. The van der Waals surface area contributed by atoms with Gasteiger partial charge in [-0.2, -0.15) is 5.26 Å². The van der Waals surface area contributed by atoms with Crippen molar-refractivity contribution < 1.29 is 17.8 Å². The van der Waals surface area contributed by atoms with Gasteiger partial charge in [0.25, 0.3) is 0 Å². The molecule has 0 spiro atoms. The molecule has 40 heavy (non-hydrogen) atoms. The first kappa shape index (κ1) is 31.7. The topological polar surface area (TPSA) is 68.6 Å². The van der Waals surface area contributed by atoms with Crippen LogP contribution < -0.4 is 4.74 Å². The van der Waals surface area contributed by atoms with E-state index < -0.39 is 31.2 Å². The standard InChI is InChI=1S/C32H43NO4Si3/c1-38(2,3)36-40(6,7)37-39(4,5)23-13-9-10-14-26-17-20-29(21-18-26)32(34)35-31-24-27(25-33)19-22-30(31)28-15-11-8-12-16-28/h8,11-12,15-22,24H,9-10,13-14,23H2,1-7H3. The lowest BCUT2D eigenvalue weighted by Crippen LogP contribution is -2.51. The number of hydrogen-bond acceptors (Lipinski definition) is 5. The Hall–Kier alpha value is -2.81. The number of nitriles is 1. The van der Waals surface area contributed by atoms with Crippen molar-refractivity contribution in [1.82, 2.24) is 0 Å². The zero-order chi connectivity index (χ0) is 29.4. The minimum absolute atomic E-state index is 0.382. The Morgan fingerprint density at radius 3 is 2.10 bits per heavy atom. The van der Waals surface area contributed by atoms with E-state index in [1.807, 2.05) is 60.7 Å². The number of carbonyl (C=O) groups excluding carboxylic acids is 1. The lowest BCUT2D eigenvalue weighted by atomic mass is 10.0. The van der Waals surface area contributed by atoms with Gasteiger partial charge in [0.05, 0.1) is 17.2 Å². The SMILES string of the molecule is C[Si](C)(C)O[Si](C)(C)O[Si](C)(C)CCCCCc1ccc(C(=O)Oc2cc(C#N)ccc2-c2ccccc2)cc1. The fourth-order valence-electron chi connectivity index (χ4n) is 5.03. The zero-order valence-corrected chi connectivity index (χ0v) is 28.0. The van der Waals surface area contributed by atoms with Crippen molar-refractivity contribution in [2.24, 2.45) is 0 Å². The second-order valence-electron chi connectivity index (χ2n) is 12.3. The number of esters is 1. The maximum Gasteiger partial charge on any atom is 0.343 e. The average Bonchev–Trinajstić information content (AvgIpc) is 2.87. The van der Waals surface area contributed by atoms with Crippen molar-refractivity contribution in [3.05, 3.63) is 89.5 Å². The largest absolute Gasteiger partial charge is 0.437 e. The summed E-state index contributed by atoms with van der Waals surface area (Å²) < 4.78 is 18.8. The molecule has 0 aliphatic rings. The normalized spacial score (nSPS) is 12.2. The highest BCUT2D eigenvalue weighted by Gasteiger charge is 2.37. The molecule has 0 aromatic heterocycles. The number of ether oxygens (including phenoxy) is 1. The molecular formula is C32H43NO4Si3. The van der Waals surface area contributed by atoms with E-state index in [0.29, 0.717) is 16.9 Å². The van der Waals surface area contributed by atoms with Crippen LogP contribution in [0.4, 0.5) is 0 Å². The van der Waals surface area contributed by atoms with E-state index in [1.165, 1.54) is 5.56 Å². The minimum atomic E-state index is -2.09. The van der Waals surface area contributed by atoms with E-state index in [2.05, 4.69) is 51.9 Å². The van der Waals surface area contributed by atoms with Crippen LogP contribution in [0.15, 0.2) is 72.8 Å². The first-order valence-electron chi connectivity index (χ1n) is 14.1. The van der Waals surface area contributed by atoms with Gasteiger partial charge in [0.1, 0.15) is 5.75 Å². The number of rotatable bonds is 13. The average molecular weight is 590 g/mol. The van der Waals surface area contributed by atoms with Crippen molar-refractivity contribution in [3.8, 4) is 22.9 Å². The summed E-state index contributed by atoms with van der Waals surface area (Å²) in [7, 11) is -5.46. The maximum atomic E-state index is 13.0. The molecule has 0 fully saturated rings. The molecule has 0 radical (unpaired) electrons. The zero-order valence-electron chi connectivity index (χ0n) is 25.0. The number of unbranched alkanes of at least 4 members (excludes halogenated alkanes) is 2. The summed E-state index contributed by atoms with van der Waals surface area (Å²) in [6.07, 6.45) is 4.38. The molecule has 0 bridgehead atoms. The number of nitrogens with zero attached hydrogens (tertiary/aromatic N) is 1. The summed E-state index contributed by atoms with van der Waals surface area (Å²) in [5.74, 6) is -0.0523. The number of aryl methyl sites for hydroxylation is 1. The van der Waals surface area contributed by atoms with Gasteiger partial charge in [-0.25, -0.2) is 4.79 Å². The fourth-order valence-corrected chi connectivity index (χ4v) is 18.3. The van der Waals surface area contributed by atoms with Gasteiger partial charge >= 0.3 is 14.5 Å². The highest BCUT2D eigenvalue weighted by atomic mass is 28.5. The smallest absolute Gasteiger partial charge is 0.343 e. The first-order valence-corrected chi connectivity index (χ1v) is 23.4. The van der Waals surface area contributed by atoms with Gasteiger partial charge in [-0.05, 0) is 106 Å². The van der Waals surface area contributed by atoms with Gasteiger partial charge < -0.3 is 13.0 Å². The summed E-state index contributed by atoms with van der Waals surface area (Å²) in [6, 6.07) is 25.8. The van der Waals surface area contributed by atoms with Gasteiger partial charge in [-0.3, -0.25) is 0 Å². The highest BCUT2D eigenvalue weighted by Crippen LogP contribution is 2.31. The van der Waals surface area contributed by atoms with Crippen LogP contribution in [0.5, 0.6) is 5.75 Å². The molecule has 0 aliphatic heterocycles. The summed E-state index contributed by atoms with van der Waals surface area (Å²) in [5.41, 5.74) is 3.84. The molecule has 0 aliphatic carbocycles. The molecule has 3 aromatic rings. The summed E-state index contributed by atoms with van der Waals surface area (Å²) in [5, 5.41) is 9.33. The van der Waals surface area contributed by atoms with E-state index in [4.69, 9.17) is 13.0 Å². The van der Waals surface area contributed by atoms with Crippen molar-refractivity contribution in [2.75, 3.05) is 0 Å². The van der Waals surface area contributed by atoms with Gasteiger partial charge in [0, 0.05) is 5.56 Å². The molecule has 0 heterocycles. The first-order chi connectivity index (χ1) is 18.8. The van der Waals surface area contributed by atoms with E-state index in [-0.39, 0.29) is 0 Å². The Kier molecular flexibility index (Phi) is 10.9. The lowest BCUT2D eigenvalue weighted by molar-refractivity contribution is 0.0735. The number of hydrogen-bond donors (Lipinski definition) is 0. The van der Waals surface area contributed by atoms with Crippen LogP contribution in [0.3, 0.4) is 0 Å². The van der Waals surface area contributed by atoms with Crippen molar-refractivity contribution in [2.45, 2.75) is 77.6 Å². The third-order valence-corrected chi connectivity index (χ3v) is 16.6. The van der Waals surface area contributed by atoms with Crippen LogP contribution in [0.1, 0.15) is 40.7 Å². The fraction of sp³-hybridized carbons (Fsp3) is 0.375. The molecule has 3 aromatic carbocycles. The Balaban J connectivity index is 1.51. The van der Waals surface area contributed by atoms with Crippen LogP contribution in [-0.4, -0.2) is 31.2 Å². The minimum Gasteiger partial charge on any atom is -0.437 e. The number of benzene rings is 3. The van der Waals surface area contributed by atoms with Crippen LogP contribution in [0.25, 0.3) is 11.1 Å². The molecule has 0 atom stereocenters. The Bertz CT molecular complexity index is 1310. The van der Waals surface area contributed by atoms with Gasteiger partial charge in [-0.15, -0.1) is 0 Å². The molecular weight excluding hydrogens is 547 g/mol. The third kappa shape index (κ3) is 10.3. The third-order valence-electron chi connectivity index (χ3n) is 6.41. The summed E-state index contributed by atoms with van der Waals surface area (Å²) >= 11 is 0. The van der Waals surface area contributed by atoms with E-state index in [0.717, 1.165) is 42.9 Å². The Morgan fingerprint density at radius 2 is 1.48 bits per heavy atom. The van der Waals surface area contributed by atoms with E-state index >= 15 is 0 Å². The van der Waals surface area contributed by atoms with E-state index in [9.17, 15) is 10.1 Å². The summed E-state index contributed by atoms with van der Waals surface area (Å²) in [4.78, 5) is 13.0. The molecule has 0 N–H and O–H groups in total. The molecule has 3 rings (SSSR count). The van der Waals surface area contributed by atoms with Crippen molar-refractivity contribution in [3.63, 3.8) is 0 Å². The predicted octanol–water partition coefficient (Wildman–Crippen LogP) is 8.93. The van der Waals surface area contributed by atoms with Crippen LogP contribution >= 0.6 is 0 Å².